The lowest BCUT2D eigenvalue weighted by molar-refractivity contribution is 0.277. The second-order valence-corrected chi connectivity index (χ2v) is 5.79. The molecule has 1 aliphatic carbocycles. The fraction of sp³-hybridized carbons (Fsp3) is 0.312. The second kappa shape index (κ2) is 5.92. The summed E-state index contributed by atoms with van der Waals surface area (Å²) < 4.78 is 0. The van der Waals surface area contributed by atoms with E-state index in [1.54, 1.807) is 12.3 Å². The van der Waals surface area contributed by atoms with Crippen molar-refractivity contribution >= 4 is 23.0 Å². The van der Waals surface area contributed by atoms with Crippen molar-refractivity contribution in [3.63, 3.8) is 0 Å². The van der Waals surface area contributed by atoms with Crippen LogP contribution in [0.25, 0.3) is 11.1 Å². The quantitative estimate of drug-likeness (QED) is 0.741. The number of aromatic nitrogens is 1. The number of nitrogen functional groups attached to an aromatic ring is 1. The number of benzene rings is 1. The molecule has 21 heavy (non-hydrogen) atoms. The molecule has 0 radical (unpaired) electrons. The maximum atomic E-state index is 9.03. The van der Waals surface area contributed by atoms with Gasteiger partial charge in [0.25, 0.3) is 0 Å². The van der Waals surface area contributed by atoms with Crippen LogP contribution in [0.2, 0.25) is 5.02 Å². The molecule has 1 aromatic carbocycles. The smallest absolute Gasteiger partial charge is 0.0852 e. The molecule has 1 aromatic heterocycles. The fourth-order valence-electron chi connectivity index (χ4n) is 2.22. The van der Waals surface area contributed by atoms with Crippen molar-refractivity contribution in [2.24, 2.45) is 5.92 Å². The van der Waals surface area contributed by atoms with Crippen LogP contribution >= 0.6 is 11.6 Å². The van der Waals surface area contributed by atoms with Gasteiger partial charge in [0, 0.05) is 23.9 Å². The lowest BCUT2D eigenvalue weighted by Gasteiger charge is -2.13. The Bertz CT molecular complexity index is 639. The number of halogens is 1. The van der Waals surface area contributed by atoms with E-state index in [2.05, 4.69) is 10.3 Å². The summed E-state index contributed by atoms with van der Waals surface area (Å²) in [6, 6.07) is 7.57. The van der Waals surface area contributed by atoms with Gasteiger partial charge >= 0.3 is 0 Å². The first-order chi connectivity index (χ1) is 10.2. The zero-order valence-corrected chi connectivity index (χ0v) is 12.4. The molecule has 3 rings (SSSR count). The van der Waals surface area contributed by atoms with Crippen molar-refractivity contribution in [3.8, 4) is 11.1 Å². The van der Waals surface area contributed by atoms with Gasteiger partial charge in [-0.3, -0.25) is 4.98 Å². The molecular weight excluding hydrogens is 286 g/mol. The Morgan fingerprint density at radius 2 is 2.10 bits per heavy atom. The van der Waals surface area contributed by atoms with Crippen molar-refractivity contribution in [1.82, 2.24) is 4.98 Å². The summed E-state index contributed by atoms with van der Waals surface area (Å²) in [4.78, 5) is 4.17. The minimum absolute atomic E-state index is 0.0693. The molecule has 0 saturated heterocycles. The summed E-state index contributed by atoms with van der Waals surface area (Å²) in [6.45, 7) is 0.882. The summed E-state index contributed by atoms with van der Waals surface area (Å²) >= 11 is 6.40. The number of nitrogens with zero attached hydrogens (tertiary/aromatic N) is 1. The minimum atomic E-state index is -0.0693. The Hall–Kier alpha value is -1.78. The molecule has 0 atom stereocenters. The van der Waals surface area contributed by atoms with E-state index in [1.165, 1.54) is 12.8 Å². The number of nitrogens with two attached hydrogens (primary N) is 1. The molecule has 2 aromatic rings. The van der Waals surface area contributed by atoms with E-state index >= 15 is 0 Å². The predicted octanol–water partition coefficient (Wildman–Crippen LogP) is 3.30. The Labute approximate surface area is 129 Å². The number of aliphatic hydroxyl groups excluding tert-OH is 1. The van der Waals surface area contributed by atoms with Gasteiger partial charge in [0.2, 0.25) is 0 Å². The number of anilines is 2. The van der Waals surface area contributed by atoms with Crippen LogP contribution in [0.4, 0.5) is 11.4 Å². The first-order valence-corrected chi connectivity index (χ1v) is 7.45. The average Bonchev–Trinajstić information content (AvgIpc) is 3.33. The van der Waals surface area contributed by atoms with E-state index in [9.17, 15) is 0 Å². The van der Waals surface area contributed by atoms with E-state index in [0.717, 1.165) is 29.3 Å². The van der Waals surface area contributed by atoms with E-state index < -0.39 is 0 Å². The molecular formula is C16H18ClN3O. The van der Waals surface area contributed by atoms with Gasteiger partial charge in [-0.1, -0.05) is 23.7 Å². The highest BCUT2D eigenvalue weighted by Gasteiger charge is 2.21. The van der Waals surface area contributed by atoms with Crippen molar-refractivity contribution in [2.45, 2.75) is 19.4 Å². The first-order valence-electron chi connectivity index (χ1n) is 7.07. The maximum absolute atomic E-state index is 9.03. The highest BCUT2D eigenvalue weighted by atomic mass is 35.5. The van der Waals surface area contributed by atoms with Crippen LogP contribution in [0.3, 0.4) is 0 Å². The van der Waals surface area contributed by atoms with Gasteiger partial charge in [-0.2, -0.15) is 0 Å². The van der Waals surface area contributed by atoms with E-state index in [1.807, 2.05) is 18.2 Å². The first kappa shape index (κ1) is 14.2. The maximum Gasteiger partial charge on any atom is 0.0852 e. The highest BCUT2D eigenvalue weighted by Crippen LogP contribution is 2.37. The largest absolute Gasteiger partial charge is 0.396 e. The number of nitrogens with one attached hydrogen (secondary N) is 1. The summed E-state index contributed by atoms with van der Waals surface area (Å²) in [5.74, 6) is 0.776. The highest BCUT2D eigenvalue weighted by molar-refractivity contribution is 6.36. The summed E-state index contributed by atoms with van der Waals surface area (Å²) in [5, 5.41) is 12.9. The predicted molar refractivity (Wildman–Crippen MR) is 86.2 cm³/mol. The number of pyridine rings is 1. The Balaban J connectivity index is 1.86. The molecule has 1 heterocycles. The molecule has 1 aliphatic rings. The van der Waals surface area contributed by atoms with E-state index in [-0.39, 0.29) is 6.61 Å². The second-order valence-electron chi connectivity index (χ2n) is 5.41. The molecule has 0 unspecified atom stereocenters. The van der Waals surface area contributed by atoms with Gasteiger partial charge in [0.15, 0.2) is 0 Å². The molecule has 0 bridgehead atoms. The van der Waals surface area contributed by atoms with Crippen LogP contribution in [0.5, 0.6) is 0 Å². The third-order valence-electron chi connectivity index (χ3n) is 3.76. The van der Waals surface area contributed by atoms with Crippen LogP contribution in [0.15, 0.2) is 30.5 Å². The van der Waals surface area contributed by atoms with Crippen LogP contribution in [-0.2, 0) is 6.61 Å². The Morgan fingerprint density at radius 1 is 1.29 bits per heavy atom. The van der Waals surface area contributed by atoms with Crippen molar-refractivity contribution in [2.75, 3.05) is 17.6 Å². The molecule has 4 nitrogen and oxygen atoms in total. The topological polar surface area (TPSA) is 71.2 Å². The monoisotopic (exact) mass is 303 g/mol. The number of aliphatic hydroxyl groups is 1. The number of hydrogen-bond donors (Lipinski definition) is 3. The van der Waals surface area contributed by atoms with Gasteiger partial charge in [-0.05, 0) is 30.9 Å². The summed E-state index contributed by atoms with van der Waals surface area (Å²) in [6.07, 6.45) is 4.28. The number of hydrogen-bond acceptors (Lipinski definition) is 4. The molecule has 0 amide bonds. The van der Waals surface area contributed by atoms with Gasteiger partial charge in [0.1, 0.15) is 0 Å². The summed E-state index contributed by atoms with van der Waals surface area (Å²) in [5.41, 5.74) is 9.95. The Kier molecular flexibility index (Phi) is 3.99. The summed E-state index contributed by atoms with van der Waals surface area (Å²) in [7, 11) is 0. The minimum Gasteiger partial charge on any atom is -0.396 e. The van der Waals surface area contributed by atoms with Gasteiger partial charge in [-0.25, -0.2) is 0 Å². The van der Waals surface area contributed by atoms with Crippen molar-refractivity contribution in [1.29, 1.82) is 0 Å². The van der Waals surface area contributed by atoms with Crippen molar-refractivity contribution < 1.29 is 5.11 Å². The van der Waals surface area contributed by atoms with Crippen LogP contribution in [0.1, 0.15) is 18.5 Å². The van der Waals surface area contributed by atoms with Gasteiger partial charge in [-0.15, -0.1) is 0 Å². The van der Waals surface area contributed by atoms with Gasteiger partial charge in [0.05, 0.1) is 28.7 Å². The van der Waals surface area contributed by atoms with Crippen LogP contribution in [0, 0.1) is 5.92 Å². The van der Waals surface area contributed by atoms with E-state index in [4.69, 9.17) is 22.4 Å². The molecule has 1 fully saturated rings. The zero-order chi connectivity index (χ0) is 14.8. The molecule has 4 N–H and O–H groups in total. The van der Waals surface area contributed by atoms with Crippen molar-refractivity contribution in [3.05, 3.63) is 41.2 Å². The fourth-order valence-corrected chi connectivity index (χ4v) is 2.50. The van der Waals surface area contributed by atoms with E-state index in [0.29, 0.717) is 16.4 Å². The molecule has 110 valence electrons. The molecule has 0 aliphatic heterocycles. The molecule has 0 spiro atoms. The number of rotatable bonds is 5. The lowest BCUT2D eigenvalue weighted by atomic mass is 10.1. The third-order valence-corrected chi connectivity index (χ3v) is 4.16. The Morgan fingerprint density at radius 3 is 2.71 bits per heavy atom. The molecule has 1 saturated carbocycles. The van der Waals surface area contributed by atoms with Crippen LogP contribution < -0.4 is 11.1 Å². The standard InChI is InChI=1S/C16H18ClN3O/c17-15-13(11-3-4-12(9-21)19-8-11)5-6-14(16(15)18)20-7-10-1-2-10/h3-6,8,10,20-21H,1-2,7,9,18H2. The van der Waals surface area contributed by atoms with Gasteiger partial charge < -0.3 is 16.2 Å². The molecule has 5 heteroatoms. The lowest BCUT2D eigenvalue weighted by Crippen LogP contribution is -2.06. The SMILES string of the molecule is Nc1c(NCC2CC2)ccc(-c2ccc(CO)nc2)c1Cl. The third kappa shape index (κ3) is 3.12. The van der Waals surface area contributed by atoms with Crippen LogP contribution in [-0.4, -0.2) is 16.6 Å². The zero-order valence-electron chi connectivity index (χ0n) is 11.6. The normalized spacial score (nSPS) is 14.2. The average molecular weight is 304 g/mol.